The van der Waals surface area contributed by atoms with Gasteiger partial charge in [-0.15, -0.1) is 0 Å². The molecule has 1 heterocycles. The van der Waals surface area contributed by atoms with Crippen molar-refractivity contribution >= 4 is 34.9 Å². The molecule has 0 saturated carbocycles. The quantitative estimate of drug-likeness (QED) is 0.537. The Hall–Kier alpha value is -3.35. The molecule has 1 saturated heterocycles. The van der Waals surface area contributed by atoms with E-state index >= 15 is 0 Å². The Morgan fingerprint density at radius 3 is 2.39 bits per heavy atom. The average molecular weight is 425 g/mol. The number of likely N-dealkylation sites (tertiary alicyclic amines) is 1. The summed E-state index contributed by atoms with van der Waals surface area (Å²) in [5, 5.41) is 2.21. The van der Waals surface area contributed by atoms with E-state index < -0.39 is 30.0 Å². The molecule has 3 atom stereocenters. The molecule has 0 unspecified atom stereocenters. The van der Waals surface area contributed by atoms with Gasteiger partial charge < -0.3 is 14.2 Å². The number of rotatable bonds is 5. The Morgan fingerprint density at radius 1 is 1.00 bits per heavy atom. The summed E-state index contributed by atoms with van der Waals surface area (Å²) in [4.78, 5) is 38.5. The SMILES string of the molecule is COC(=O)C[C@H]1[C@@H](/C(C)=C/c2cccc3ccccc23)CN(C(=O)OC)[C@@H]1C(=O)OC. The van der Waals surface area contributed by atoms with Gasteiger partial charge in [0.15, 0.2) is 0 Å². The largest absolute Gasteiger partial charge is 0.469 e. The number of benzene rings is 2. The van der Waals surface area contributed by atoms with E-state index in [0.29, 0.717) is 0 Å². The predicted octanol–water partition coefficient (Wildman–Crippen LogP) is 3.66. The van der Waals surface area contributed by atoms with Gasteiger partial charge in [-0.3, -0.25) is 9.69 Å². The van der Waals surface area contributed by atoms with Crippen molar-refractivity contribution in [3.63, 3.8) is 0 Å². The number of esters is 2. The van der Waals surface area contributed by atoms with E-state index in [9.17, 15) is 14.4 Å². The molecule has 0 aromatic heterocycles. The lowest BCUT2D eigenvalue weighted by molar-refractivity contribution is -0.148. The van der Waals surface area contributed by atoms with Gasteiger partial charge in [0.05, 0.1) is 27.8 Å². The van der Waals surface area contributed by atoms with Gasteiger partial charge in [-0.2, -0.15) is 0 Å². The molecule has 1 fully saturated rings. The van der Waals surface area contributed by atoms with Crippen LogP contribution in [0.25, 0.3) is 16.8 Å². The van der Waals surface area contributed by atoms with Crippen LogP contribution in [0.15, 0.2) is 48.0 Å². The molecule has 3 rings (SSSR count). The maximum absolute atomic E-state index is 12.6. The Balaban J connectivity index is 2.04. The first kappa shape index (κ1) is 22.3. The van der Waals surface area contributed by atoms with Crippen molar-refractivity contribution in [3.05, 3.63) is 53.6 Å². The van der Waals surface area contributed by atoms with Crippen molar-refractivity contribution in [1.29, 1.82) is 0 Å². The molecule has 0 spiro atoms. The second-order valence-corrected chi connectivity index (χ2v) is 7.60. The van der Waals surface area contributed by atoms with E-state index in [0.717, 1.165) is 21.9 Å². The monoisotopic (exact) mass is 425 g/mol. The number of carbonyl (C=O) groups excluding carboxylic acids is 3. The molecule has 1 amide bonds. The van der Waals surface area contributed by atoms with Gasteiger partial charge in [-0.05, 0) is 23.3 Å². The Labute approximate surface area is 181 Å². The summed E-state index contributed by atoms with van der Waals surface area (Å²) < 4.78 is 14.7. The van der Waals surface area contributed by atoms with E-state index in [2.05, 4.69) is 0 Å². The molecule has 0 aliphatic carbocycles. The first-order valence-electron chi connectivity index (χ1n) is 10.1. The molecular formula is C24H27NO6. The molecule has 2 aromatic rings. The van der Waals surface area contributed by atoms with Crippen molar-refractivity contribution in [1.82, 2.24) is 4.90 Å². The van der Waals surface area contributed by atoms with Gasteiger partial charge in [0, 0.05) is 18.4 Å². The van der Waals surface area contributed by atoms with E-state index in [4.69, 9.17) is 14.2 Å². The average Bonchev–Trinajstić information content (AvgIpc) is 3.17. The van der Waals surface area contributed by atoms with Crippen LogP contribution in [-0.4, -0.2) is 56.8 Å². The second-order valence-electron chi connectivity index (χ2n) is 7.60. The summed E-state index contributed by atoms with van der Waals surface area (Å²) in [6.45, 7) is 2.19. The topological polar surface area (TPSA) is 82.1 Å². The molecule has 164 valence electrons. The molecule has 0 radical (unpaired) electrons. The number of hydrogen-bond donors (Lipinski definition) is 0. The first-order chi connectivity index (χ1) is 14.9. The van der Waals surface area contributed by atoms with Gasteiger partial charge >= 0.3 is 18.0 Å². The highest BCUT2D eigenvalue weighted by Crippen LogP contribution is 2.39. The first-order valence-corrected chi connectivity index (χ1v) is 10.1. The summed E-state index contributed by atoms with van der Waals surface area (Å²) in [5.74, 6) is -1.78. The van der Waals surface area contributed by atoms with E-state index in [-0.39, 0.29) is 18.9 Å². The molecule has 31 heavy (non-hydrogen) atoms. The van der Waals surface area contributed by atoms with Crippen LogP contribution in [0.3, 0.4) is 0 Å². The lowest BCUT2D eigenvalue weighted by Crippen LogP contribution is -2.44. The Kier molecular flexibility index (Phi) is 6.95. The van der Waals surface area contributed by atoms with Crippen LogP contribution in [0.2, 0.25) is 0 Å². The van der Waals surface area contributed by atoms with Crippen molar-refractivity contribution in [3.8, 4) is 0 Å². The lowest BCUT2D eigenvalue weighted by Gasteiger charge is -2.25. The molecule has 0 bridgehead atoms. The smallest absolute Gasteiger partial charge is 0.410 e. The second kappa shape index (κ2) is 9.64. The third-order valence-electron chi connectivity index (χ3n) is 5.92. The van der Waals surface area contributed by atoms with Crippen LogP contribution < -0.4 is 0 Å². The number of methoxy groups -OCH3 is 3. The van der Waals surface area contributed by atoms with Crippen molar-refractivity contribution in [2.45, 2.75) is 19.4 Å². The van der Waals surface area contributed by atoms with Gasteiger partial charge in [-0.1, -0.05) is 54.1 Å². The van der Waals surface area contributed by atoms with Crippen LogP contribution in [0.1, 0.15) is 18.9 Å². The summed E-state index contributed by atoms with van der Waals surface area (Å²) in [6.07, 6.45) is 1.40. The summed E-state index contributed by atoms with van der Waals surface area (Å²) in [6, 6.07) is 13.2. The van der Waals surface area contributed by atoms with Crippen molar-refractivity contribution < 1.29 is 28.6 Å². The highest BCUT2D eigenvalue weighted by atomic mass is 16.5. The highest BCUT2D eigenvalue weighted by Gasteiger charge is 2.50. The van der Waals surface area contributed by atoms with Crippen LogP contribution in [0, 0.1) is 11.8 Å². The zero-order chi connectivity index (χ0) is 22.5. The minimum Gasteiger partial charge on any atom is -0.469 e. The van der Waals surface area contributed by atoms with Gasteiger partial charge in [0.2, 0.25) is 0 Å². The van der Waals surface area contributed by atoms with Gasteiger partial charge in [0.1, 0.15) is 6.04 Å². The molecule has 7 heteroatoms. The normalized spacial score (nSPS) is 21.1. The minimum atomic E-state index is -0.933. The highest BCUT2D eigenvalue weighted by molar-refractivity contribution is 5.91. The molecule has 1 aliphatic rings. The number of carbonyl (C=O) groups is 3. The summed E-state index contributed by atoms with van der Waals surface area (Å²) in [5.41, 5.74) is 1.98. The fourth-order valence-electron chi connectivity index (χ4n) is 4.38. The van der Waals surface area contributed by atoms with Gasteiger partial charge in [-0.25, -0.2) is 9.59 Å². The maximum Gasteiger partial charge on any atom is 0.410 e. The third kappa shape index (κ3) is 4.55. The molecule has 1 aliphatic heterocycles. The van der Waals surface area contributed by atoms with Crippen LogP contribution in [0.4, 0.5) is 4.79 Å². The summed E-state index contributed by atoms with van der Waals surface area (Å²) >= 11 is 0. The summed E-state index contributed by atoms with van der Waals surface area (Å²) in [7, 11) is 3.83. The molecule has 7 nitrogen and oxygen atoms in total. The van der Waals surface area contributed by atoms with Crippen LogP contribution in [-0.2, 0) is 23.8 Å². The molecule has 0 N–H and O–H groups in total. The van der Waals surface area contributed by atoms with Crippen molar-refractivity contribution in [2.24, 2.45) is 11.8 Å². The Bertz CT molecular complexity index is 1010. The number of nitrogens with zero attached hydrogens (tertiary/aromatic N) is 1. The molecular weight excluding hydrogens is 398 g/mol. The molecule has 2 aromatic carbocycles. The maximum atomic E-state index is 12.6. The standard InChI is InChI=1S/C24H27NO6/c1-15(12-17-10-7-9-16-8-5-6-11-18(16)17)20-14-25(24(28)31-4)22(23(27)30-3)19(20)13-21(26)29-2/h5-12,19-20,22H,13-14H2,1-4H3/b15-12+/t19-,20+,22-/m0/s1. The fraction of sp³-hybridized carbons (Fsp3) is 0.375. The van der Waals surface area contributed by atoms with E-state index in [1.165, 1.54) is 26.2 Å². The number of hydrogen-bond acceptors (Lipinski definition) is 6. The lowest BCUT2D eigenvalue weighted by atomic mass is 9.82. The number of amides is 1. The number of fused-ring (bicyclic) bond motifs is 1. The zero-order valence-electron chi connectivity index (χ0n) is 18.2. The number of ether oxygens (including phenoxy) is 3. The van der Waals surface area contributed by atoms with E-state index in [1.807, 2.05) is 55.5 Å². The zero-order valence-corrected chi connectivity index (χ0v) is 18.2. The third-order valence-corrected chi connectivity index (χ3v) is 5.92. The predicted molar refractivity (Wildman–Crippen MR) is 116 cm³/mol. The minimum absolute atomic E-state index is 0.0187. The van der Waals surface area contributed by atoms with Crippen molar-refractivity contribution in [2.75, 3.05) is 27.9 Å². The fourth-order valence-corrected chi connectivity index (χ4v) is 4.38. The van der Waals surface area contributed by atoms with E-state index in [1.54, 1.807) is 0 Å². The van der Waals surface area contributed by atoms with Crippen LogP contribution in [0.5, 0.6) is 0 Å². The van der Waals surface area contributed by atoms with Gasteiger partial charge in [0.25, 0.3) is 0 Å². The van der Waals surface area contributed by atoms with Crippen LogP contribution >= 0.6 is 0 Å². The Morgan fingerprint density at radius 2 is 1.71 bits per heavy atom.